The van der Waals surface area contributed by atoms with Crippen molar-refractivity contribution in [3.05, 3.63) is 89.7 Å². The summed E-state index contributed by atoms with van der Waals surface area (Å²) in [7, 11) is 0. The first-order valence-electron chi connectivity index (χ1n) is 7.22. The Hall–Kier alpha value is -1.27. The van der Waals surface area contributed by atoms with Crippen LogP contribution in [0.2, 0.25) is 0 Å². The predicted molar refractivity (Wildman–Crippen MR) is 108 cm³/mol. The topological polar surface area (TPSA) is 12.9 Å². The van der Waals surface area contributed by atoms with Crippen LogP contribution in [0.4, 0.5) is 0 Å². The van der Waals surface area contributed by atoms with Gasteiger partial charge in [-0.3, -0.25) is 0 Å². The van der Waals surface area contributed by atoms with Gasteiger partial charge in [0, 0.05) is 10.8 Å². The molecule has 0 N–H and O–H groups in total. The fourth-order valence-electron chi connectivity index (χ4n) is 2.41. The van der Waals surface area contributed by atoms with Gasteiger partial charge >= 0.3 is 19.5 Å². The van der Waals surface area contributed by atoms with Crippen LogP contribution in [0.15, 0.2) is 42.5 Å². The van der Waals surface area contributed by atoms with E-state index >= 15 is 0 Å². The third kappa shape index (κ3) is 5.38. The van der Waals surface area contributed by atoms with Crippen molar-refractivity contribution in [2.24, 2.45) is 0 Å². The number of rotatable bonds is 2. The van der Waals surface area contributed by atoms with Gasteiger partial charge < -0.3 is 36.1 Å². The van der Waals surface area contributed by atoms with Gasteiger partial charge in [0.25, 0.3) is 0 Å². The zero-order valence-electron chi connectivity index (χ0n) is 15.7. The Balaban J connectivity index is -0.000000710. The molecule has 2 aromatic carbocycles. The maximum atomic E-state index is 4.84. The third-order valence-electron chi connectivity index (χ3n) is 3.37. The number of nitrogens with zero attached hydrogens (tertiary/aromatic N) is 1. The molecule has 0 bridgehead atoms. The predicted octanol–water partition coefficient (Wildman–Crippen LogP) is 6.52. The van der Waals surface area contributed by atoms with Gasteiger partial charge in [-0.25, -0.2) is 4.98 Å². The van der Waals surface area contributed by atoms with Crippen molar-refractivity contribution in [2.45, 2.75) is 26.7 Å². The molecule has 0 aliphatic carbocycles. The number of benzene rings is 2. The molecule has 0 aliphatic heterocycles. The SMILES string of the molecule is CC.[CH2-]Cc1cccc2cc3cccc(C[CH2-])c3nc12.[CH3-].[CH3-].[CH3-].[Ru+5]. The van der Waals surface area contributed by atoms with Gasteiger partial charge in [-0.2, -0.15) is 12.8 Å². The van der Waals surface area contributed by atoms with Crippen molar-refractivity contribution in [3.8, 4) is 0 Å². The van der Waals surface area contributed by atoms with Crippen LogP contribution in [0.25, 0.3) is 21.8 Å². The second-order valence-electron chi connectivity index (χ2n) is 4.47. The van der Waals surface area contributed by atoms with E-state index in [2.05, 4.69) is 56.3 Å². The van der Waals surface area contributed by atoms with Gasteiger partial charge in [0.1, 0.15) is 0 Å². The van der Waals surface area contributed by atoms with E-state index in [0.717, 1.165) is 23.9 Å². The minimum absolute atomic E-state index is 0. The summed E-state index contributed by atoms with van der Waals surface area (Å²) in [5.74, 6) is 0. The van der Waals surface area contributed by atoms with Gasteiger partial charge in [0.15, 0.2) is 0 Å². The van der Waals surface area contributed by atoms with Crippen molar-refractivity contribution in [1.29, 1.82) is 0 Å². The monoisotopic (exact) mass is 410 g/mol. The summed E-state index contributed by atoms with van der Waals surface area (Å²) in [6.07, 6.45) is 1.53. The van der Waals surface area contributed by atoms with Crippen LogP contribution >= 0.6 is 0 Å². The average Bonchev–Trinajstić information content (AvgIpc) is 2.53. The van der Waals surface area contributed by atoms with Crippen molar-refractivity contribution in [3.63, 3.8) is 0 Å². The molecule has 0 saturated carbocycles. The third-order valence-corrected chi connectivity index (χ3v) is 3.37. The van der Waals surface area contributed by atoms with E-state index in [4.69, 9.17) is 4.98 Å². The molecule has 1 heterocycles. The summed E-state index contributed by atoms with van der Waals surface area (Å²) < 4.78 is 0. The van der Waals surface area contributed by atoms with E-state index in [-0.39, 0.29) is 41.8 Å². The Kier molecular flexibility index (Phi) is 15.0. The van der Waals surface area contributed by atoms with E-state index in [0.29, 0.717) is 0 Å². The van der Waals surface area contributed by atoms with Crippen molar-refractivity contribution >= 4 is 21.8 Å². The molecule has 1 radical (unpaired) electrons. The molecule has 0 spiro atoms. The molecule has 0 amide bonds. The first kappa shape index (κ1) is 27.6. The van der Waals surface area contributed by atoms with Gasteiger partial charge in [0.2, 0.25) is 0 Å². The molecule has 1 nitrogen and oxygen atoms in total. The van der Waals surface area contributed by atoms with Gasteiger partial charge in [-0.15, -0.1) is 0 Å². The smallest absolute Gasteiger partial charge is 0.358 e. The van der Waals surface area contributed by atoms with Crippen LogP contribution in [-0.2, 0) is 32.3 Å². The molecule has 131 valence electrons. The number of hydrogen-bond donors (Lipinski definition) is 0. The zero-order chi connectivity index (χ0) is 14.5. The Morgan fingerprint density at radius 3 is 1.46 bits per heavy atom. The van der Waals surface area contributed by atoms with Crippen LogP contribution in [0.1, 0.15) is 25.0 Å². The van der Waals surface area contributed by atoms with Gasteiger partial charge in [-0.1, -0.05) is 61.4 Å². The molecule has 2 heteroatoms. The quantitative estimate of drug-likeness (QED) is 0.267. The Labute approximate surface area is 162 Å². The summed E-state index contributed by atoms with van der Waals surface area (Å²) in [6.45, 7) is 12.0. The van der Waals surface area contributed by atoms with Crippen LogP contribution in [0, 0.1) is 36.1 Å². The fraction of sp³-hybridized carbons (Fsp3) is 0.182. The summed E-state index contributed by atoms with van der Waals surface area (Å²) in [5, 5.41) is 2.37. The van der Waals surface area contributed by atoms with E-state index in [1.54, 1.807) is 0 Å². The second-order valence-corrected chi connectivity index (χ2v) is 4.47. The number of fused-ring (bicyclic) bond motifs is 2. The zero-order valence-corrected chi connectivity index (χ0v) is 17.4. The van der Waals surface area contributed by atoms with Crippen molar-refractivity contribution < 1.29 is 19.5 Å². The average molecular weight is 410 g/mol. The number of pyridine rings is 1. The molecule has 3 aromatic rings. The molecule has 0 saturated heterocycles. The first-order chi connectivity index (χ1) is 9.83. The first-order valence-corrected chi connectivity index (χ1v) is 7.22. The molecular weight excluding hydrogens is 379 g/mol. The summed E-state index contributed by atoms with van der Waals surface area (Å²) in [6, 6.07) is 14.8. The maximum Gasteiger partial charge on any atom is 5.00 e. The molecular formula is C22H30NRu. The van der Waals surface area contributed by atoms with Crippen LogP contribution in [-0.4, -0.2) is 4.98 Å². The normalized spacial score (nSPS) is 8.67. The van der Waals surface area contributed by atoms with E-state index < -0.39 is 0 Å². The minimum atomic E-state index is 0. The second kappa shape index (κ2) is 13.1. The van der Waals surface area contributed by atoms with Gasteiger partial charge in [-0.05, 0) is 6.07 Å². The standard InChI is InChI=1S/C17H15N.C2H6.3CH3.Ru/c1-3-12-7-5-9-14-11-15-10-6-8-13(4-2)17(15)18-16(12)14;1-2;;;;/h5-11H,1-4H2;1-2H3;3*1H3;/q-2;;3*-1;+5. The molecule has 3 rings (SSSR count). The maximum absolute atomic E-state index is 4.84. The fourth-order valence-corrected chi connectivity index (χ4v) is 2.41. The summed E-state index contributed by atoms with van der Waals surface area (Å²) >= 11 is 0. The Morgan fingerprint density at radius 1 is 0.750 bits per heavy atom. The molecule has 24 heavy (non-hydrogen) atoms. The van der Waals surface area contributed by atoms with Crippen LogP contribution < -0.4 is 0 Å². The largest absolute Gasteiger partial charge is 5.00 e. The van der Waals surface area contributed by atoms with Gasteiger partial charge in [0.05, 0.1) is 11.0 Å². The van der Waals surface area contributed by atoms with E-state index in [1.807, 2.05) is 13.8 Å². The molecule has 0 aliphatic rings. The van der Waals surface area contributed by atoms with E-state index in [9.17, 15) is 0 Å². The minimum Gasteiger partial charge on any atom is -0.358 e. The van der Waals surface area contributed by atoms with Crippen LogP contribution in [0.5, 0.6) is 0 Å². The summed E-state index contributed by atoms with van der Waals surface area (Å²) in [4.78, 5) is 4.84. The number of para-hydroxylation sites is 2. The number of hydrogen-bond acceptors (Lipinski definition) is 1. The Morgan fingerprint density at radius 2 is 1.12 bits per heavy atom. The van der Waals surface area contributed by atoms with E-state index in [1.165, 1.54) is 21.9 Å². The molecule has 0 fully saturated rings. The molecule has 1 aromatic heterocycles. The van der Waals surface area contributed by atoms with Crippen molar-refractivity contribution in [1.82, 2.24) is 4.98 Å². The van der Waals surface area contributed by atoms with Crippen LogP contribution in [0.3, 0.4) is 0 Å². The van der Waals surface area contributed by atoms with Crippen molar-refractivity contribution in [2.75, 3.05) is 0 Å². The number of aromatic nitrogens is 1. The molecule has 0 unspecified atom stereocenters. The summed E-state index contributed by atoms with van der Waals surface area (Å²) in [5.41, 5.74) is 4.54. The Bertz CT molecular complexity index is 661. The molecule has 0 atom stereocenters.